The number of urea groups is 1. The van der Waals surface area contributed by atoms with Crippen molar-refractivity contribution in [1.82, 2.24) is 9.80 Å². The number of nitrogens with zero attached hydrogens (tertiary/aromatic N) is 4. The molecule has 2 aromatic rings. The van der Waals surface area contributed by atoms with E-state index in [-0.39, 0.29) is 11.9 Å². The number of aliphatic imine (C=N–C) groups is 1. The van der Waals surface area contributed by atoms with Gasteiger partial charge in [-0.05, 0) is 41.2 Å². The van der Waals surface area contributed by atoms with Crippen molar-refractivity contribution in [1.29, 1.82) is 0 Å². The Morgan fingerprint density at radius 1 is 1.00 bits per heavy atom. The molecule has 3 amide bonds. The maximum Gasteiger partial charge on any atom is 0.358 e. The Morgan fingerprint density at radius 3 is 2.47 bits per heavy atom. The summed E-state index contributed by atoms with van der Waals surface area (Å²) in [4.78, 5) is 32.8. The molecular formula is C23H25N4O2S+. The second-order valence-corrected chi connectivity index (χ2v) is 8.66. The van der Waals surface area contributed by atoms with Crippen molar-refractivity contribution in [2.24, 2.45) is 4.99 Å². The van der Waals surface area contributed by atoms with Crippen molar-refractivity contribution in [3.63, 3.8) is 0 Å². The third-order valence-electron chi connectivity index (χ3n) is 5.39. The first-order chi connectivity index (χ1) is 14.5. The highest BCUT2D eigenvalue weighted by molar-refractivity contribution is 8.13. The maximum absolute atomic E-state index is 13.0. The molecule has 2 heterocycles. The zero-order chi connectivity index (χ0) is 21.3. The molecule has 2 aliphatic heterocycles. The Bertz CT molecular complexity index is 1050. The van der Waals surface area contributed by atoms with Crippen LogP contribution in [0.25, 0.3) is 0 Å². The van der Waals surface area contributed by atoms with Gasteiger partial charge in [0.05, 0.1) is 0 Å². The average molecular weight is 422 g/mol. The van der Waals surface area contributed by atoms with Crippen molar-refractivity contribution in [3.8, 4) is 0 Å². The van der Waals surface area contributed by atoms with Crippen LogP contribution in [0, 0.1) is 6.92 Å². The predicted molar refractivity (Wildman–Crippen MR) is 120 cm³/mol. The summed E-state index contributed by atoms with van der Waals surface area (Å²) in [5.74, 6) is 1.12. The van der Waals surface area contributed by atoms with Crippen molar-refractivity contribution in [2.45, 2.75) is 25.9 Å². The normalized spacial score (nSPS) is 18.8. The molecule has 2 aliphatic rings. The summed E-state index contributed by atoms with van der Waals surface area (Å²) in [6, 6.07) is 17.7. The number of hydrogen-bond donors (Lipinski definition) is 0. The molecule has 0 aromatic heterocycles. The van der Waals surface area contributed by atoms with Crippen LogP contribution in [0.5, 0.6) is 0 Å². The summed E-state index contributed by atoms with van der Waals surface area (Å²) in [7, 11) is 3.21. The van der Waals surface area contributed by atoms with Gasteiger partial charge in [0.25, 0.3) is 17.8 Å². The van der Waals surface area contributed by atoms with E-state index in [1.165, 1.54) is 28.0 Å². The molecule has 1 fully saturated rings. The molecule has 154 valence electrons. The van der Waals surface area contributed by atoms with E-state index in [2.05, 4.69) is 37.3 Å². The van der Waals surface area contributed by atoms with Crippen LogP contribution < -0.4 is 0 Å². The largest absolute Gasteiger partial charge is 0.358 e. The smallest absolute Gasteiger partial charge is 0.269 e. The van der Waals surface area contributed by atoms with Crippen LogP contribution in [-0.2, 0) is 17.8 Å². The summed E-state index contributed by atoms with van der Waals surface area (Å²) >= 11 is 1.63. The number of thioether (sulfide) groups is 1. The number of rotatable bonds is 5. The lowest BCUT2D eigenvalue weighted by Gasteiger charge is -2.30. The quantitative estimate of drug-likeness (QED) is 0.697. The lowest BCUT2D eigenvalue weighted by atomic mass is 10.1. The van der Waals surface area contributed by atoms with Crippen molar-refractivity contribution >= 4 is 34.7 Å². The third kappa shape index (κ3) is 3.89. The lowest BCUT2D eigenvalue weighted by molar-refractivity contribution is -0.548. The first kappa shape index (κ1) is 20.3. The molecule has 0 radical (unpaired) electrons. The van der Waals surface area contributed by atoms with E-state index < -0.39 is 6.04 Å². The number of aryl methyl sites for hydroxylation is 2. The van der Waals surface area contributed by atoms with Gasteiger partial charge in [-0.15, -0.1) is 0 Å². The minimum absolute atomic E-state index is 0.233. The van der Waals surface area contributed by atoms with Gasteiger partial charge < -0.3 is 0 Å². The molecule has 2 aromatic carbocycles. The fourth-order valence-electron chi connectivity index (χ4n) is 3.76. The van der Waals surface area contributed by atoms with Crippen LogP contribution in [0.3, 0.4) is 0 Å². The molecule has 1 atom stereocenters. The maximum atomic E-state index is 13.0. The number of imide groups is 1. The van der Waals surface area contributed by atoms with E-state index in [1.807, 2.05) is 28.8 Å². The van der Waals surface area contributed by atoms with Crippen LogP contribution >= 0.6 is 11.8 Å². The summed E-state index contributed by atoms with van der Waals surface area (Å²) in [5.41, 5.74) is 3.55. The van der Waals surface area contributed by atoms with Gasteiger partial charge in [-0.3, -0.25) is 14.6 Å². The topological polar surface area (TPSA) is 56.0 Å². The second-order valence-electron chi connectivity index (χ2n) is 7.59. The third-order valence-corrected chi connectivity index (χ3v) is 6.39. The average Bonchev–Trinajstić information content (AvgIpc) is 3.10. The first-order valence-electron chi connectivity index (χ1n) is 9.95. The van der Waals surface area contributed by atoms with Crippen LogP contribution in [0.2, 0.25) is 0 Å². The molecule has 0 spiro atoms. The number of benzene rings is 2. The van der Waals surface area contributed by atoms with Gasteiger partial charge in [0.2, 0.25) is 0 Å². The fourth-order valence-corrected chi connectivity index (χ4v) is 4.78. The molecule has 1 unspecified atom stereocenters. The van der Waals surface area contributed by atoms with Crippen LogP contribution in [0.4, 0.5) is 4.79 Å². The number of fused-ring (bicyclic) bond motifs is 1. The van der Waals surface area contributed by atoms with E-state index in [1.54, 1.807) is 18.8 Å². The molecule has 0 aliphatic carbocycles. The summed E-state index contributed by atoms with van der Waals surface area (Å²) in [6.07, 6.45) is 0.908. The van der Waals surface area contributed by atoms with Gasteiger partial charge in [-0.1, -0.05) is 60.2 Å². The Morgan fingerprint density at radius 2 is 1.73 bits per heavy atom. The minimum atomic E-state index is -0.572. The van der Waals surface area contributed by atoms with Crippen molar-refractivity contribution in [2.75, 3.05) is 19.8 Å². The van der Waals surface area contributed by atoms with Gasteiger partial charge in [0.1, 0.15) is 6.54 Å². The van der Waals surface area contributed by atoms with Crippen LogP contribution in [0.1, 0.15) is 16.7 Å². The van der Waals surface area contributed by atoms with Crippen LogP contribution in [-0.4, -0.2) is 63.2 Å². The first-order valence-corrected chi connectivity index (χ1v) is 10.9. The van der Waals surface area contributed by atoms with E-state index in [4.69, 9.17) is 4.99 Å². The molecule has 0 bridgehead atoms. The van der Waals surface area contributed by atoms with E-state index >= 15 is 0 Å². The number of hydrogen-bond acceptors (Lipinski definition) is 4. The van der Waals surface area contributed by atoms with E-state index in [0.717, 1.165) is 22.9 Å². The zero-order valence-corrected chi connectivity index (χ0v) is 18.2. The molecule has 7 heteroatoms. The molecule has 0 saturated carbocycles. The monoisotopic (exact) mass is 421 g/mol. The second kappa shape index (κ2) is 8.44. The fraction of sp³-hybridized carbons (Fsp3) is 0.304. The SMILES string of the molecule is Cc1cccc(C[N+]2=C(SCCc3ccccc3)N=C3C2C(=O)N(C)C(=O)N3C)c1. The molecule has 6 nitrogen and oxygen atoms in total. The number of carbonyl (C=O) groups excluding carboxylic acids is 2. The van der Waals surface area contributed by atoms with Gasteiger partial charge >= 0.3 is 11.2 Å². The number of amides is 3. The van der Waals surface area contributed by atoms with Crippen molar-refractivity contribution in [3.05, 3.63) is 71.3 Å². The predicted octanol–water partition coefficient (Wildman–Crippen LogP) is 3.14. The summed E-state index contributed by atoms with van der Waals surface area (Å²) < 4.78 is 2.03. The van der Waals surface area contributed by atoms with Gasteiger partial charge in [-0.25, -0.2) is 9.37 Å². The highest BCUT2D eigenvalue weighted by Crippen LogP contribution is 2.25. The van der Waals surface area contributed by atoms with Crippen LogP contribution in [0.15, 0.2) is 59.6 Å². The highest BCUT2D eigenvalue weighted by atomic mass is 32.2. The Hall–Kier alpha value is -2.93. The molecule has 1 saturated heterocycles. The van der Waals surface area contributed by atoms with Gasteiger partial charge in [0.15, 0.2) is 0 Å². The standard InChI is InChI=1S/C23H25N4O2S/c1-16-8-7-11-18(14-16)15-27-19-20(25(2)23(29)26(3)21(19)28)24-22(27)30-13-12-17-9-5-4-6-10-17/h4-11,14,19H,12-13,15H2,1-3H3/q+1. The minimum Gasteiger partial charge on any atom is -0.269 e. The van der Waals surface area contributed by atoms with Gasteiger partial charge in [0, 0.05) is 19.8 Å². The number of carbonyl (C=O) groups is 2. The summed E-state index contributed by atoms with van der Waals surface area (Å²) in [5, 5.41) is 0.788. The molecule has 4 rings (SSSR count). The number of amidine groups is 2. The lowest BCUT2D eigenvalue weighted by Crippen LogP contribution is -2.61. The van der Waals surface area contributed by atoms with Crippen molar-refractivity contribution < 1.29 is 14.2 Å². The molecular weight excluding hydrogens is 396 g/mol. The van der Waals surface area contributed by atoms with Gasteiger partial charge in [-0.2, -0.15) is 0 Å². The molecule has 30 heavy (non-hydrogen) atoms. The highest BCUT2D eigenvalue weighted by Gasteiger charge is 2.53. The van der Waals surface area contributed by atoms with E-state index in [0.29, 0.717) is 12.4 Å². The number of likely N-dealkylation sites (N-methyl/N-ethyl adjacent to an activating group) is 2. The zero-order valence-electron chi connectivity index (χ0n) is 17.4. The molecule has 0 N–H and O–H groups in total. The Labute approximate surface area is 180 Å². The van der Waals surface area contributed by atoms with E-state index in [9.17, 15) is 9.59 Å². The summed E-state index contributed by atoms with van der Waals surface area (Å²) in [6.45, 7) is 2.62. The Balaban J connectivity index is 1.63. The Kier molecular flexibility index (Phi) is 5.72.